The van der Waals surface area contributed by atoms with Gasteiger partial charge in [-0.2, -0.15) is 4.98 Å². The molecule has 0 aliphatic carbocycles. The Morgan fingerprint density at radius 3 is 2.59 bits per heavy atom. The molecule has 3 aromatic heterocycles. The van der Waals surface area contributed by atoms with Crippen LogP contribution in [0.4, 0.5) is 11.8 Å². The van der Waals surface area contributed by atoms with E-state index in [1.165, 1.54) is 0 Å². The lowest BCUT2D eigenvalue weighted by molar-refractivity contribution is 0.398. The van der Waals surface area contributed by atoms with Gasteiger partial charge in [0, 0.05) is 30.6 Å². The lowest BCUT2D eigenvalue weighted by atomic mass is 10.0. The van der Waals surface area contributed by atoms with Crippen LogP contribution in [0.2, 0.25) is 0 Å². The van der Waals surface area contributed by atoms with Crippen molar-refractivity contribution in [3.05, 3.63) is 94.8 Å². The molecule has 10 nitrogen and oxygen atoms in total. The molecule has 0 saturated heterocycles. The van der Waals surface area contributed by atoms with E-state index >= 15 is 0 Å². The fourth-order valence-electron chi connectivity index (χ4n) is 4.56. The Bertz CT molecular complexity index is 1690. The molecule has 0 aliphatic heterocycles. The Labute approximate surface area is 226 Å². The first-order chi connectivity index (χ1) is 18.9. The lowest BCUT2D eigenvalue weighted by Crippen LogP contribution is -2.28. The summed E-state index contributed by atoms with van der Waals surface area (Å²) in [4.78, 5) is 34.2. The van der Waals surface area contributed by atoms with Gasteiger partial charge < -0.3 is 20.7 Å². The highest BCUT2D eigenvalue weighted by Gasteiger charge is 2.22. The number of ether oxygens (including phenoxy) is 1. The number of nitrogens with two attached hydrogens (primary N) is 1. The molecule has 0 aliphatic rings. The SMILES string of the molecule is COc1cc(-c2cccc3nc(C(C)Nc4nc(N)ncc4CN(C)C)n(-c4ccccc4)c(=O)c23)ccn1. The van der Waals surface area contributed by atoms with Crippen molar-refractivity contribution in [1.82, 2.24) is 29.4 Å². The molecular formula is C29H30N8O2. The zero-order valence-corrected chi connectivity index (χ0v) is 22.3. The van der Waals surface area contributed by atoms with E-state index in [9.17, 15) is 4.79 Å². The highest BCUT2D eigenvalue weighted by atomic mass is 16.5. The fourth-order valence-corrected chi connectivity index (χ4v) is 4.56. The van der Waals surface area contributed by atoms with Gasteiger partial charge in [-0.3, -0.25) is 9.36 Å². The maximum atomic E-state index is 14.3. The molecule has 0 fully saturated rings. The van der Waals surface area contributed by atoms with E-state index in [0.29, 0.717) is 40.7 Å². The molecule has 3 heterocycles. The number of para-hydroxylation sites is 1. The second-order valence-corrected chi connectivity index (χ2v) is 9.44. The molecule has 0 spiro atoms. The Kier molecular flexibility index (Phi) is 7.20. The minimum absolute atomic E-state index is 0.163. The molecule has 0 amide bonds. The maximum Gasteiger partial charge on any atom is 0.266 e. The first-order valence-corrected chi connectivity index (χ1v) is 12.5. The largest absolute Gasteiger partial charge is 0.481 e. The molecule has 5 aromatic rings. The number of hydrogen-bond donors (Lipinski definition) is 2. The van der Waals surface area contributed by atoms with E-state index in [1.54, 1.807) is 24.1 Å². The van der Waals surface area contributed by atoms with Crippen molar-refractivity contribution in [2.24, 2.45) is 0 Å². The summed E-state index contributed by atoms with van der Waals surface area (Å²) < 4.78 is 6.97. The number of hydrogen-bond acceptors (Lipinski definition) is 9. The number of fused-ring (bicyclic) bond motifs is 1. The van der Waals surface area contributed by atoms with Crippen molar-refractivity contribution in [1.29, 1.82) is 0 Å². The molecule has 0 radical (unpaired) electrons. The summed E-state index contributed by atoms with van der Waals surface area (Å²) in [6.45, 7) is 2.56. The molecule has 1 unspecified atom stereocenters. The molecule has 0 bridgehead atoms. The van der Waals surface area contributed by atoms with Crippen LogP contribution in [0.3, 0.4) is 0 Å². The van der Waals surface area contributed by atoms with Gasteiger partial charge in [0.15, 0.2) is 0 Å². The number of rotatable bonds is 8. The average molecular weight is 523 g/mol. The van der Waals surface area contributed by atoms with Crippen LogP contribution in [-0.4, -0.2) is 50.6 Å². The zero-order chi connectivity index (χ0) is 27.5. The third-order valence-electron chi connectivity index (χ3n) is 6.30. The molecule has 10 heteroatoms. The van der Waals surface area contributed by atoms with Gasteiger partial charge in [0.25, 0.3) is 5.56 Å². The van der Waals surface area contributed by atoms with Gasteiger partial charge in [-0.1, -0.05) is 30.3 Å². The van der Waals surface area contributed by atoms with Crippen LogP contribution in [0.25, 0.3) is 27.7 Å². The Morgan fingerprint density at radius 1 is 1.05 bits per heavy atom. The first kappa shape index (κ1) is 25.8. The number of nitrogens with one attached hydrogen (secondary N) is 1. The van der Waals surface area contributed by atoms with Crippen molar-refractivity contribution in [3.63, 3.8) is 0 Å². The number of anilines is 2. The van der Waals surface area contributed by atoms with E-state index in [1.807, 2.05) is 86.6 Å². The van der Waals surface area contributed by atoms with E-state index in [-0.39, 0.29) is 11.5 Å². The van der Waals surface area contributed by atoms with Gasteiger partial charge in [0.2, 0.25) is 11.8 Å². The van der Waals surface area contributed by atoms with Crippen molar-refractivity contribution in [2.45, 2.75) is 19.5 Å². The number of aromatic nitrogens is 5. The van der Waals surface area contributed by atoms with Crippen molar-refractivity contribution < 1.29 is 4.74 Å². The van der Waals surface area contributed by atoms with Gasteiger partial charge >= 0.3 is 0 Å². The predicted octanol–water partition coefficient (Wildman–Crippen LogP) is 4.06. The Morgan fingerprint density at radius 2 is 1.85 bits per heavy atom. The standard InChI is InChI=1S/C29H30N8O2/c1-18(33-26-20(17-36(2)3)16-32-29(30)35-26)27-34-23-12-8-11-22(19-13-14-31-24(15-19)39-4)25(23)28(38)37(27)21-9-6-5-7-10-21/h5-16,18H,17H2,1-4H3,(H3,30,32,33,35). The lowest BCUT2D eigenvalue weighted by Gasteiger charge is -2.22. The summed E-state index contributed by atoms with van der Waals surface area (Å²) in [5, 5.41) is 3.94. The van der Waals surface area contributed by atoms with Gasteiger partial charge in [-0.05, 0) is 56.4 Å². The van der Waals surface area contributed by atoms with Crippen LogP contribution in [0.15, 0.2) is 77.9 Å². The summed E-state index contributed by atoms with van der Waals surface area (Å²) in [5.74, 6) is 1.76. The summed E-state index contributed by atoms with van der Waals surface area (Å²) in [6, 6.07) is 18.4. The van der Waals surface area contributed by atoms with Gasteiger partial charge in [-0.15, -0.1) is 0 Å². The monoisotopic (exact) mass is 522 g/mol. The van der Waals surface area contributed by atoms with Crippen molar-refractivity contribution >= 4 is 22.7 Å². The van der Waals surface area contributed by atoms with Crippen LogP contribution in [0.5, 0.6) is 5.88 Å². The molecule has 5 rings (SSSR count). The number of pyridine rings is 1. The quantitative estimate of drug-likeness (QED) is 0.310. The fraction of sp³-hybridized carbons (Fsp3) is 0.207. The third kappa shape index (κ3) is 5.27. The molecule has 3 N–H and O–H groups in total. The molecule has 198 valence electrons. The molecule has 0 saturated carbocycles. The smallest absolute Gasteiger partial charge is 0.266 e. The normalized spacial score (nSPS) is 12.0. The summed E-state index contributed by atoms with van der Waals surface area (Å²) in [6.07, 6.45) is 3.38. The summed E-state index contributed by atoms with van der Waals surface area (Å²) >= 11 is 0. The summed E-state index contributed by atoms with van der Waals surface area (Å²) in [5.41, 5.74) is 9.47. The van der Waals surface area contributed by atoms with E-state index in [4.69, 9.17) is 15.5 Å². The van der Waals surface area contributed by atoms with Gasteiger partial charge in [0.1, 0.15) is 11.6 Å². The van der Waals surface area contributed by atoms with Crippen LogP contribution in [0.1, 0.15) is 24.4 Å². The molecule has 2 aromatic carbocycles. The molecule has 39 heavy (non-hydrogen) atoms. The predicted molar refractivity (Wildman–Crippen MR) is 153 cm³/mol. The Hall–Kier alpha value is -4.83. The summed E-state index contributed by atoms with van der Waals surface area (Å²) in [7, 11) is 5.50. The van der Waals surface area contributed by atoms with Crippen LogP contribution >= 0.6 is 0 Å². The number of nitrogen functional groups attached to an aromatic ring is 1. The highest BCUT2D eigenvalue weighted by Crippen LogP contribution is 2.30. The minimum Gasteiger partial charge on any atom is -0.481 e. The van der Waals surface area contributed by atoms with Crippen LogP contribution < -0.4 is 21.3 Å². The third-order valence-corrected chi connectivity index (χ3v) is 6.30. The van der Waals surface area contributed by atoms with E-state index < -0.39 is 6.04 Å². The van der Waals surface area contributed by atoms with Crippen molar-refractivity contribution in [2.75, 3.05) is 32.3 Å². The van der Waals surface area contributed by atoms with Crippen LogP contribution in [-0.2, 0) is 6.54 Å². The second kappa shape index (κ2) is 10.9. The Balaban J connectivity index is 1.71. The van der Waals surface area contributed by atoms with Crippen LogP contribution in [0, 0.1) is 0 Å². The first-order valence-electron chi connectivity index (χ1n) is 12.5. The number of benzene rings is 2. The van der Waals surface area contributed by atoms with Crippen molar-refractivity contribution in [3.8, 4) is 22.7 Å². The maximum absolute atomic E-state index is 14.3. The zero-order valence-electron chi connectivity index (χ0n) is 22.3. The average Bonchev–Trinajstić information content (AvgIpc) is 2.94. The number of methoxy groups -OCH3 is 1. The van der Waals surface area contributed by atoms with E-state index in [0.717, 1.165) is 16.7 Å². The second-order valence-electron chi connectivity index (χ2n) is 9.44. The number of nitrogens with zero attached hydrogens (tertiary/aromatic N) is 6. The van der Waals surface area contributed by atoms with Gasteiger partial charge in [0.05, 0.1) is 29.7 Å². The molecule has 1 atom stereocenters. The highest BCUT2D eigenvalue weighted by molar-refractivity contribution is 5.94. The van der Waals surface area contributed by atoms with E-state index in [2.05, 4.69) is 20.3 Å². The van der Waals surface area contributed by atoms with Gasteiger partial charge in [-0.25, -0.2) is 15.0 Å². The minimum atomic E-state index is -0.401. The topological polar surface area (TPSA) is 124 Å². The molecular weight excluding hydrogens is 492 g/mol.